The van der Waals surface area contributed by atoms with Crippen molar-refractivity contribution in [1.29, 1.82) is 0 Å². The molecule has 3 atom stereocenters. The lowest BCUT2D eigenvalue weighted by molar-refractivity contribution is 0.0914. The van der Waals surface area contributed by atoms with Crippen molar-refractivity contribution in [3.05, 3.63) is 21.9 Å². The zero-order valence-electron chi connectivity index (χ0n) is 12.7. The number of amides is 1. The highest BCUT2D eigenvalue weighted by molar-refractivity contribution is 7.14. The minimum absolute atomic E-state index is 0.0157. The third-order valence-corrected chi connectivity index (χ3v) is 5.21. The normalized spacial score (nSPS) is 25.0. The fourth-order valence-electron chi connectivity index (χ4n) is 2.67. The number of hydrogen-bond donors (Lipinski definition) is 2. The number of hydrogen-bond acceptors (Lipinski definition) is 3. The van der Waals surface area contributed by atoms with E-state index in [4.69, 9.17) is 5.11 Å². The molecule has 1 aromatic heterocycles. The predicted octanol–water partition coefficient (Wildman–Crippen LogP) is 3.04. The molecule has 0 aromatic carbocycles. The van der Waals surface area contributed by atoms with E-state index >= 15 is 0 Å². The van der Waals surface area contributed by atoms with Crippen molar-refractivity contribution in [2.75, 3.05) is 6.61 Å². The Balaban J connectivity index is 1.91. The van der Waals surface area contributed by atoms with Crippen LogP contribution in [0.3, 0.4) is 0 Å². The van der Waals surface area contributed by atoms with Crippen LogP contribution >= 0.6 is 11.3 Å². The number of rotatable bonds is 3. The largest absolute Gasteiger partial charge is 0.395 e. The summed E-state index contributed by atoms with van der Waals surface area (Å²) in [5, 5.41) is 11.8. The van der Waals surface area contributed by atoms with Crippen molar-refractivity contribution < 1.29 is 9.90 Å². The quantitative estimate of drug-likeness (QED) is 0.843. The topological polar surface area (TPSA) is 49.3 Å². The molecule has 3 unspecified atom stereocenters. The molecule has 1 amide bonds. The van der Waals surface area contributed by atoms with Crippen LogP contribution in [0.25, 0.3) is 0 Å². The zero-order valence-corrected chi connectivity index (χ0v) is 13.5. The Morgan fingerprint density at radius 1 is 1.38 bits per heavy atom. The first-order valence-electron chi connectivity index (χ1n) is 7.60. The van der Waals surface area contributed by atoms with E-state index in [0.29, 0.717) is 18.4 Å². The maximum atomic E-state index is 12.3. The van der Waals surface area contributed by atoms with Gasteiger partial charge in [0.15, 0.2) is 0 Å². The van der Waals surface area contributed by atoms with Crippen LogP contribution in [0.15, 0.2) is 12.1 Å². The number of carbonyl (C=O) groups is 1. The summed E-state index contributed by atoms with van der Waals surface area (Å²) in [6, 6.07) is 4.00. The smallest absolute Gasteiger partial charge is 0.261 e. The van der Waals surface area contributed by atoms with Gasteiger partial charge in [0.05, 0.1) is 16.4 Å². The minimum Gasteiger partial charge on any atom is -0.395 e. The number of aliphatic hydroxyl groups excluding tert-OH is 1. The molecule has 1 aliphatic rings. The fourth-order valence-corrected chi connectivity index (χ4v) is 3.45. The summed E-state index contributed by atoms with van der Waals surface area (Å²) in [7, 11) is 0. The van der Waals surface area contributed by atoms with Crippen molar-refractivity contribution >= 4 is 17.2 Å². The molecule has 0 spiro atoms. The summed E-state index contributed by atoms with van der Waals surface area (Å²) in [4.78, 5) is 13.8. The van der Waals surface area contributed by atoms with Gasteiger partial charge in [-0.05, 0) is 43.2 Å². The molecular formula is C17H23NO2S. The molecule has 1 aromatic rings. The second-order valence-corrected chi connectivity index (χ2v) is 6.96. The molecule has 3 nitrogen and oxygen atoms in total. The molecule has 1 aliphatic carbocycles. The summed E-state index contributed by atoms with van der Waals surface area (Å²) >= 11 is 1.41. The number of aliphatic hydroxyl groups is 1. The Hall–Kier alpha value is -1.31. The van der Waals surface area contributed by atoms with Crippen LogP contribution in [-0.4, -0.2) is 23.7 Å². The van der Waals surface area contributed by atoms with Gasteiger partial charge in [-0.3, -0.25) is 4.79 Å². The Bertz CT molecular complexity index is 540. The van der Waals surface area contributed by atoms with Crippen molar-refractivity contribution in [3.63, 3.8) is 0 Å². The van der Waals surface area contributed by atoms with Crippen LogP contribution in [0.1, 0.15) is 54.1 Å². The van der Waals surface area contributed by atoms with Crippen LogP contribution in [0, 0.1) is 23.7 Å². The Kier molecular flexibility index (Phi) is 5.84. The second-order valence-electron chi connectivity index (χ2n) is 5.88. The summed E-state index contributed by atoms with van der Waals surface area (Å²) in [5.41, 5.74) is 0. The summed E-state index contributed by atoms with van der Waals surface area (Å²) in [5.74, 6) is 7.29. The first-order chi connectivity index (χ1) is 10.1. The highest BCUT2D eigenvalue weighted by Gasteiger charge is 2.26. The van der Waals surface area contributed by atoms with Crippen LogP contribution in [-0.2, 0) is 0 Å². The molecule has 0 bridgehead atoms. The van der Waals surface area contributed by atoms with E-state index < -0.39 is 0 Å². The molecule has 2 N–H and O–H groups in total. The zero-order chi connectivity index (χ0) is 15.2. The van der Waals surface area contributed by atoms with Gasteiger partial charge >= 0.3 is 0 Å². The number of nitrogens with one attached hydrogen (secondary N) is 1. The van der Waals surface area contributed by atoms with Gasteiger partial charge in [-0.2, -0.15) is 0 Å². The number of thiophene rings is 1. The summed E-state index contributed by atoms with van der Waals surface area (Å²) in [6.45, 7) is 4.63. The fraction of sp³-hybridized carbons (Fsp3) is 0.588. The summed E-state index contributed by atoms with van der Waals surface area (Å²) < 4.78 is 0. The van der Waals surface area contributed by atoms with Gasteiger partial charge in [0, 0.05) is 12.5 Å². The van der Waals surface area contributed by atoms with Crippen molar-refractivity contribution in [2.24, 2.45) is 11.8 Å². The average molecular weight is 305 g/mol. The monoisotopic (exact) mass is 305 g/mol. The highest BCUT2D eigenvalue weighted by atomic mass is 32.1. The van der Waals surface area contributed by atoms with Crippen molar-refractivity contribution in [2.45, 2.75) is 45.6 Å². The molecule has 114 valence electrons. The predicted molar refractivity (Wildman–Crippen MR) is 86.3 cm³/mol. The van der Waals surface area contributed by atoms with E-state index in [1.807, 2.05) is 12.1 Å². The molecule has 0 aliphatic heterocycles. The van der Waals surface area contributed by atoms with Gasteiger partial charge < -0.3 is 10.4 Å². The van der Waals surface area contributed by atoms with Crippen LogP contribution in [0.5, 0.6) is 0 Å². The van der Waals surface area contributed by atoms with E-state index in [1.54, 1.807) is 0 Å². The minimum atomic E-state index is 0.0157. The Morgan fingerprint density at radius 2 is 2.19 bits per heavy atom. The van der Waals surface area contributed by atoms with Gasteiger partial charge in [0.25, 0.3) is 5.91 Å². The lowest BCUT2D eigenvalue weighted by Gasteiger charge is -2.32. The SMILES string of the molecule is CC1CCC(NC(=O)c2ccc(C#CCCO)s2)CC1C. The lowest BCUT2D eigenvalue weighted by atomic mass is 9.79. The molecule has 1 fully saturated rings. The molecule has 21 heavy (non-hydrogen) atoms. The van der Waals surface area contributed by atoms with E-state index in [2.05, 4.69) is 31.0 Å². The third-order valence-electron chi connectivity index (χ3n) is 4.21. The van der Waals surface area contributed by atoms with Crippen LogP contribution in [0.4, 0.5) is 0 Å². The maximum Gasteiger partial charge on any atom is 0.261 e. The molecule has 1 saturated carbocycles. The Morgan fingerprint density at radius 3 is 2.90 bits per heavy atom. The second kappa shape index (κ2) is 7.63. The van der Waals surface area contributed by atoms with Gasteiger partial charge in [-0.15, -0.1) is 11.3 Å². The molecule has 0 radical (unpaired) electrons. The number of carbonyl (C=O) groups excluding carboxylic acids is 1. The molecule has 0 saturated heterocycles. The van der Waals surface area contributed by atoms with Gasteiger partial charge in [-0.1, -0.05) is 25.7 Å². The van der Waals surface area contributed by atoms with Gasteiger partial charge in [-0.25, -0.2) is 0 Å². The molecule has 2 rings (SSSR count). The first-order valence-corrected chi connectivity index (χ1v) is 8.42. The van der Waals surface area contributed by atoms with Gasteiger partial charge in [0.1, 0.15) is 0 Å². The molecule has 4 heteroatoms. The van der Waals surface area contributed by atoms with E-state index in [0.717, 1.165) is 28.5 Å². The van der Waals surface area contributed by atoms with Crippen LogP contribution in [0.2, 0.25) is 0 Å². The lowest BCUT2D eigenvalue weighted by Crippen LogP contribution is -2.39. The third kappa shape index (κ3) is 4.59. The first kappa shape index (κ1) is 16.1. The maximum absolute atomic E-state index is 12.3. The van der Waals surface area contributed by atoms with Crippen LogP contribution < -0.4 is 5.32 Å². The van der Waals surface area contributed by atoms with E-state index in [-0.39, 0.29) is 12.5 Å². The molecular weight excluding hydrogens is 282 g/mol. The van der Waals surface area contributed by atoms with E-state index in [1.165, 1.54) is 17.8 Å². The standard InChI is InChI=1S/C17H23NO2S/c1-12-6-7-14(11-13(12)2)18-17(20)16-9-8-15(21-16)5-3-4-10-19/h8-9,12-14,19H,4,6-7,10-11H2,1-2H3,(H,18,20). The van der Waals surface area contributed by atoms with E-state index in [9.17, 15) is 4.79 Å². The Labute approximate surface area is 130 Å². The summed E-state index contributed by atoms with van der Waals surface area (Å²) in [6.07, 6.45) is 3.80. The average Bonchev–Trinajstić information content (AvgIpc) is 2.92. The van der Waals surface area contributed by atoms with Crippen molar-refractivity contribution in [3.8, 4) is 11.8 Å². The van der Waals surface area contributed by atoms with Gasteiger partial charge in [0.2, 0.25) is 0 Å². The van der Waals surface area contributed by atoms with Crippen molar-refractivity contribution in [1.82, 2.24) is 5.32 Å². The highest BCUT2D eigenvalue weighted by Crippen LogP contribution is 2.29. The molecule has 1 heterocycles.